The Hall–Kier alpha value is -1.14. The second-order valence-corrected chi connectivity index (χ2v) is 4.23. The van der Waals surface area contributed by atoms with Gasteiger partial charge in [0, 0.05) is 18.6 Å². The van der Waals surface area contributed by atoms with Gasteiger partial charge in [-0.1, -0.05) is 11.6 Å². The number of carbonyl (C=O) groups is 1. The van der Waals surface area contributed by atoms with Gasteiger partial charge in [-0.05, 0) is 24.6 Å². The Bertz CT molecular complexity index is 446. The molecule has 0 spiro atoms. The Morgan fingerprint density at radius 2 is 2.00 bits per heavy atom. The molecule has 0 N–H and O–H groups in total. The number of rotatable bonds is 6. The minimum absolute atomic E-state index is 0.0107. The Balaban J connectivity index is 2.36. The summed E-state index contributed by atoms with van der Waals surface area (Å²) in [4.78, 5) is 11.7. The molecule has 0 radical (unpaired) electrons. The molecule has 0 saturated carbocycles. The van der Waals surface area contributed by atoms with Crippen molar-refractivity contribution < 1.29 is 27.1 Å². The molecule has 0 heterocycles. The van der Waals surface area contributed by atoms with Crippen LogP contribution in [-0.2, 0) is 4.74 Å². The van der Waals surface area contributed by atoms with Crippen molar-refractivity contribution in [3.63, 3.8) is 0 Å². The second kappa shape index (κ2) is 6.86. The molecule has 1 rings (SSSR count). The van der Waals surface area contributed by atoms with Gasteiger partial charge in [0.05, 0.1) is 5.02 Å². The van der Waals surface area contributed by atoms with Crippen LogP contribution >= 0.6 is 11.6 Å². The van der Waals surface area contributed by atoms with E-state index in [0.717, 1.165) is 12.1 Å². The first-order valence-corrected chi connectivity index (χ1v) is 5.80. The molecule has 0 aromatic heterocycles. The first-order chi connectivity index (χ1) is 8.79. The number of Topliss-reactive ketones (excluding diaryl/α,β-unsaturated/α-hetero) is 1. The van der Waals surface area contributed by atoms with Crippen LogP contribution in [0.3, 0.4) is 0 Å². The van der Waals surface area contributed by atoms with Crippen molar-refractivity contribution >= 4 is 17.4 Å². The molecule has 19 heavy (non-hydrogen) atoms. The third kappa shape index (κ3) is 6.02. The van der Waals surface area contributed by atoms with Crippen LogP contribution in [0.4, 0.5) is 17.6 Å². The lowest BCUT2D eigenvalue weighted by Crippen LogP contribution is -2.17. The second-order valence-electron chi connectivity index (χ2n) is 3.82. The summed E-state index contributed by atoms with van der Waals surface area (Å²) in [5, 5.41) is -0.0128. The molecular weight excluding hydrogens is 288 g/mol. The minimum atomic E-state index is -4.37. The van der Waals surface area contributed by atoms with Crippen LogP contribution in [0, 0.1) is 5.82 Å². The molecule has 0 atom stereocenters. The van der Waals surface area contributed by atoms with E-state index in [1.54, 1.807) is 0 Å². The molecule has 106 valence electrons. The van der Waals surface area contributed by atoms with Crippen molar-refractivity contribution in [3.05, 3.63) is 34.6 Å². The van der Waals surface area contributed by atoms with Crippen molar-refractivity contribution in [2.24, 2.45) is 0 Å². The quantitative estimate of drug-likeness (QED) is 0.450. The third-order valence-corrected chi connectivity index (χ3v) is 2.50. The maximum absolute atomic E-state index is 12.8. The highest BCUT2D eigenvalue weighted by Gasteiger charge is 2.27. The lowest BCUT2D eigenvalue weighted by molar-refractivity contribution is -0.173. The molecule has 0 saturated heterocycles. The average molecular weight is 299 g/mol. The number of hydrogen-bond donors (Lipinski definition) is 0. The first kappa shape index (κ1) is 15.9. The normalized spacial score (nSPS) is 11.6. The van der Waals surface area contributed by atoms with Crippen molar-refractivity contribution in [3.8, 4) is 0 Å². The molecule has 0 aliphatic carbocycles. The van der Waals surface area contributed by atoms with Gasteiger partial charge in [-0.3, -0.25) is 4.79 Å². The van der Waals surface area contributed by atoms with Crippen LogP contribution in [0.15, 0.2) is 18.2 Å². The fraction of sp³-hybridized carbons (Fsp3) is 0.417. The molecule has 0 aliphatic heterocycles. The topological polar surface area (TPSA) is 26.3 Å². The lowest BCUT2D eigenvalue weighted by atomic mass is 10.1. The van der Waals surface area contributed by atoms with E-state index in [9.17, 15) is 22.4 Å². The van der Waals surface area contributed by atoms with Gasteiger partial charge in [0.15, 0.2) is 5.78 Å². The summed E-state index contributed by atoms with van der Waals surface area (Å²) in [6, 6.07) is 3.35. The number of ketones is 1. The first-order valence-electron chi connectivity index (χ1n) is 5.42. The minimum Gasteiger partial charge on any atom is -0.372 e. The Labute approximate surface area is 112 Å². The fourth-order valence-corrected chi connectivity index (χ4v) is 1.65. The molecule has 0 unspecified atom stereocenters. The molecule has 0 bridgehead atoms. The number of ether oxygens (including phenoxy) is 1. The maximum atomic E-state index is 12.8. The van der Waals surface area contributed by atoms with Crippen molar-refractivity contribution in [1.82, 2.24) is 0 Å². The summed E-state index contributed by atoms with van der Waals surface area (Å²) in [6.07, 6.45) is -4.24. The van der Waals surface area contributed by atoms with Gasteiger partial charge in [0.25, 0.3) is 0 Å². The molecule has 1 aromatic rings. The summed E-state index contributed by atoms with van der Waals surface area (Å²) in [5.74, 6) is -0.921. The lowest BCUT2D eigenvalue weighted by Gasteiger charge is -2.07. The van der Waals surface area contributed by atoms with E-state index in [4.69, 9.17) is 11.6 Å². The number of benzene rings is 1. The van der Waals surface area contributed by atoms with Gasteiger partial charge in [-0.2, -0.15) is 13.2 Å². The van der Waals surface area contributed by atoms with Crippen molar-refractivity contribution in [2.75, 3.05) is 13.2 Å². The van der Waals surface area contributed by atoms with Crippen LogP contribution in [-0.4, -0.2) is 25.2 Å². The largest absolute Gasteiger partial charge is 0.411 e. The maximum Gasteiger partial charge on any atom is 0.411 e. The van der Waals surface area contributed by atoms with Crippen molar-refractivity contribution in [1.29, 1.82) is 0 Å². The zero-order chi connectivity index (χ0) is 14.5. The van der Waals surface area contributed by atoms with Gasteiger partial charge < -0.3 is 4.74 Å². The summed E-state index contributed by atoms with van der Waals surface area (Å²) >= 11 is 5.68. The molecule has 7 heteroatoms. The highest BCUT2D eigenvalue weighted by Crippen LogP contribution is 2.19. The number of carbonyl (C=O) groups excluding carboxylic acids is 1. The zero-order valence-corrected chi connectivity index (χ0v) is 10.5. The van der Waals surface area contributed by atoms with Gasteiger partial charge in [-0.25, -0.2) is 4.39 Å². The average Bonchev–Trinajstić information content (AvgIpc) is 2.26. The monoisotopic (exact) mass is 298 g/mol. The highest BCUT2D eigenvalue weighted by atomic mass is 35.5. The Morgan fingerprint density at radius 3 is 2.58 bits per heavy atom. The standard InChI is InChI=1S/C12H11ClF4O2/c13-10-6-8(14)3-4-9(10)11(18)2-1-5-19-7-12(15,16)17/h3-4,6H,1-2,5,7H2. The van der Waals surface area contributed by atoms with Gasteiger partial charge in [0.1, 0.15) is 12.4 Å². The Kier molecular flexibility index (Phi) is 5.75. The molecular formula is C12H11ClF4O2. The van der Waals surface area contributed by atoms with Crippen LogP contribution in [0.2, 0.25) is 5.02 Å². The van der Waals surface area contributed by atoms with Gasteiger partial charge in [0.2, 0.25) is 0 Å². The van der Waals surface area contributed by atoms with Crippen LogP contribution in [0.1, 0.15) is 23.2 Å². The zero-order valence-electron chi connectivity index (χ0n) is 9.77. The van der Waals surface area contributed by atoms with E-state index >= 15 is 0 Å². The van der Waals surface area contributed by atoms with E-state index in [2.05, 4.69) is 4.74 Å². The highest BCUT2D eigenvalue weighted by molar-refractivity contribution is 6.33. The smallest absolute Gasteiger partial charge is 0.372 e. The molecule has 2 nitrogen and oxygen atoms in total. The molecule has 0 amide bonds. The van der Waals surface area contributed by atoms with E-state index in [0.29, 0.717) is 0 Å². The van der Waals surface area contributed by atoms with E-state index in [1.807, 2.05) is 0 Å². The summed E-state index contributed by atoms with van der Waals surface area (Å²) in [6.45, 7) is -1.51. The predicted octanol–water partition coefficient (Wildman–Crippen LogP) is 4.02. The summed E-state index contributed by atoms with van der Waals surface area (Å²) < 4.78 is 52.4. The summed E-state index contributed by atoms with van der Waals surface area (Å²) in [5.41, 5.74) is 0.152. The predicted molar refractivity (Wildman–Crippen MR) is 61.8 cm³/mol. The number of hydrogen-bond acceptors (Lipinski definition) is 2. The van der Waals surface area contributed by atoms with E-state index in [1.165, 1.54) is 6.07 Å². The van der Waals surface area contributed by atoms with E-state index in [-0.39, 0.29) is 35.8 Å². The molecule has 0 aliphatic rings. The van der Waals surface area contributed by atoms with Gasteiger partial charge >= 0.3 is 6.18 Å². The molecule has 0 fully saturated rings. The van der Waals surface area contributed by atoms with E-state index < -0.39 is 18.6 Å². The summed E-state index contributed by atoms with van der Waals surface area (Å²) in [7, 11) is 0. The van der Waals surface area contributed by atoms with Gasteiger partial charge in [-0.15, -0.1) is 0 Å². The van der Waals surface area contributed by atoms with Crippen LogP contribution in [0.5, 0.6) is 0 Å². The molecule has 1 aromatic carbocycles. The van der Waals surface area contributed by atoms with Crippen LogP contribution in [0.25, 0.3) is 0 Å². The number of halogens is 5. The number of alkyl halides is 3. The SMILES string of the molecule is O=C(CCCOCC(F)(F)F)c1ccc(F)cc1Cl. The Morgan fingerprint density at radius 1 is 1.32 bits per heavy atom. The van der Waals surface area contributed by atoms with Crippen molar-refractivity contribution in [2.45, 2.75) is 19.0 Å². The fourth-order valence-electron chi connectivity index (χ4n) is 1.37. The third-order valence-electron chi connectivity index (χ3n) is 2.19. The van der Waals surface area contributed by atoms with Crippen LogP contribution < -0.4 is 0 Å².